The van der Waals surface area contributed by atoms with Gasteiger partial charge in [0.15, 0.2) is 5.82 Å². The zero-order valence-electron chi connectivity index (χ0n) is 12.4. The van der Waals surface area contributed by atoms with E-state index >= 15 is 0 Å². The molecule has 0 aliphatic rings. The van der Waals surface area contributed by atoms with E-state index in [2.05, 4.69) is 22.0 Å². The molecule has 0 N–H and O–H groups in total. The topological polar surface area (TPSA) is 51.4 Å². The Bertz CT molecular complexity index is 559. The highest BCUT2D eigenvalue weighted by Crippen LogP contribution is 2.13. The Labute approximate surface area is 123 Å². The molecule has 0 fully saturated rings. The number of aromatic nitrogens is 2. The highest BCUT2D eigenvalue weighted by atomic mass is 19.1. The monoisotopic (exact) mass is 293 g/mol. The normalized spacial score (nSPS) is 11.2. The summed E-state index contributed by atoms with van der Waals surface area (Å²) in [6.07, 6.45) is 0.966. The van der Waals surface area contributed by atoms with Gasteiger partial charge in [-0.05, 0) is 19.0 Å². The number of benzene rings is 1. The third-order valence-electron chi connectivity index (χ3n) is 3.03. The maximum Gasteiger partial charge on any atom is 0.240 e. The number of halogens is 1. The minimum atomic E-state index is -0.191. The lowest BCUT2D eigenvalue weighted by atomic mass is 10.2. The maximum atomic E-state index is 13.7. The molecule has 1 aromatic carbocycles. The second-order valence-electron chi connectivity index (χ2n) is 4.84. The van der Waals surface area contributed by atoms with Gasteiger partial charge in [0.05, 0.1) is 6.54 Å². The molecule has 0 saturated heterocycles. The van der Waals surface area contributed by atoms with Crippen molar-refractivity contribution in [2.45, 2.75) is 33.0 Å². The molecule has 0 radical (unpaired) electrons. The highest BCUT2D eigenvalue weighted by molar-refractivity contribution is 5.17. The summed E-state index contributed by atoms with van der Waals surface area (Å²) < 4.78 is 23.9. The van der Waals surface area contributed by atoms with Crippen molar-refractivity contribution >= 4 is 0 Å². The van der Waals surface area contributed by atoms with Gasteiger partial charge < -0.3 is 9.26 Å². The van der Waals surface area contributed by atoms with Crippen molar-refractivity contribution in [2.24, 2.45) is 0 Å². The summed E-state index contributed by atoms with van der Waals surface area (Å²) in [5.74, 6) is 0.853. The van der Waals surface area contributed by atoms with Gasteiger partial charge in [-0.15, -0.1) is 0 Å². The number of rotatable bonds is 8. The molecular formula is C15H20FN3O2. The third kappa shape index (κ3) is 4.61. The Kier molecular flexibility index (Phi) is 5.83. The predicted molar refractivity (Wildman–Crippen MR) is 75.8 cm³/mol. The van der Waals surface area contributed by atoms with Crippen molar-refractivity contribution in [1.29, 1.82) is 0 Å². The van der Waals surface area contributed by atoms with E-state index in [9.17, 15) is 4.39 Å². The van der Waals surface area contributed by atoms with Crippen LogP contribution in [0.25, 0.3) is 0 Å². The number of hydrogen-bond donors (Lipinski definition) is 0. The first-order valence-electron chi connectivity index (χ1n) is 6.99. The molecule has 0 spiro atoms. The van der Waals surface area contributed by atoms with Crippen LogP contribution in [0.5, 0.6) is 0 Å². The summed E-state index contributed by atoms with van der Waals surface area (Å²) in [6, 6.07) is 6.80. The standard InChI is InChI=1S/C15H20FN3O2/c1-3-8-19(9-12-6-4-5-7-13(12)16)10-15-17-14(11-20-2)18-21-15/h4-7H,3,8-11H2,1-2H3. The Morgan fingerprint density at radius 3 is 2.81 bits per heavy atom. The van der Waals surface area contributed by atoms with Crippen LogP contribution in [0.3, 0.4) is 0 Å². The Morgan fingerprint density at radius 2 is 2.10 bits per heavy atom. The van der Waals surface area contributed by atoms with Crippen molar-refractivity contribution in [2.75, 3.05) is 13.7 Å². The van der Waals surface area contributed by atoms with E-state index in [1.807, 2.05) is 6.07 Å². The van der Waals surface area contributed by atoms with Gasteiger partial charge in [0.25, 0.3) is 0 Å². The van der Waals surface area contributed by atoms with Gasteiger partial charge in [-0.2, -0.15) is 4.98 Å². The lowest BCUT2D eigenvalue weighted by molar-refractivity contribution is 0.174. The first kappa shape index (κ1) is 15.6. The fourth-order valence-electron chi connectivity index (χ4n) is 2.13. The van der Waals surface area contributed by atoms with Gasteiger partial charge in [0, 0.05) is 19.2 Å². The smallest absolute Gasteiger partial charge is 0.240 e. The average Bonchev–Trinajstić information content (AvgIpc) is 2.89. The summed E-state index contributed by atoms with van der Waals surface area (Å²) in [4.78, 5) is 6.33. The van der Waals surface area contributed by atoms with Gasteiger partial charge in [-0.25, -0.2) is 4.39 Å². The minimum absolute atomic E-state index is 0.191. The van der Waals surface area contributed by atoms with Crippen molar-refractivity contribution in [1.82, 2.24) is 15.0 Å². The first-order valence-corrected chi connectivity index (χ1v) is 6.99. The quantitative estimate of drug-likeness (QED) is 0.749. The molecule has 6 heteroatoms. The molecule has 21 heavy (non-hydrogen) atoms. The van der Waals surface area contributed by atoms with E-state index in [1.54, 1.807) is 19.2 Å². The van der Waals surface area contributed by atoms with Crippen LogP contribution in [0, 0.1) is 5.82 Å². The van der Waals surface area contributed by atoms with Crippen LogP contribution in [0.15, 0.2) is 28.8 Å². The largest absolute Gasteiger partial charge is 0.377 e. The molecule has 0 amide bonds. The molecule has 0 saturated carbocycles. The van der Waals surface area contributed by atoms with Crippen LogP contribution >= 0.6 is 0 Å². The van der Waals surface area contributed by atoms with Crippen molar-refractivity contribution < 1.29 is 13.7 Å². The predicted octanol–water partition coefficient (Wildman–Crippen LogP) is 2.77. The fourth-order valence-corrected chi connectivity index (χ4v) is 2.13. The summed E-state index contributed by atoms with van der Waals surface area (Å²) >= 11 is 0. The summed E-state index contributed by atoms with van der Waals surface area (Å²) in [6.45, 7) is 4.25. The molecule has 0 atom stereocenters. The van der Waals surface area contributed by atoms with Gasteiger partial charge >= 0.3 is 0 Å². The van der Waals surface area contributed by atoms with E-state index in [4.69, 9.17) is 9.26 Å². The van der Waals surface area contributed by atoms with Crippen LogP contribution < -0.4 is 0 Å². The average molecular weight is 293 g/mol. The van der Waals surface area contributed by atoms with Crippen LogP contribution in [0.2, 0.25) is 0 Å². The lowest BCUT2D eigenvalue weighted by Gasteiger charge is -2.19. The van der Waals surface area contributed by atoms with E-state index < -0.39 is 0 Å². The van der Waals surface area contributed by atoms with Gasteiger partial charge in [0.2, 0.25) is 5.89 Å². The van der Waals surface area contributed by atoms with E-state index in [0.717, 1.165) is 13.0 Å². The second-order valence-corrected chi connectivity index (χ2v) is 4.84. The molecule has 2 aromatic rings. The molecule has 1 aromatic heterocycles. The Hall–Kier alpha value is -1.79. The van der Waals surface area contributed by atoms with Gasteiger partial charge in [-0.1, -0.05) is 30.3 Å². The van der Waals surface area contributed by atoms with E-state index in [1.165, 1.54) is 6.07 Å². The molecule has 5 nitrogen and oxygen atoms in total. The van der Waals surface area contributed by atoms with Crippen LogP contribution in [0.1, 0.15) is 30.6 Å². The number of ether oxygens (including phenoxy) is 1. The molecule has 0 bridgehead atoms. The number of methoxy groups -OCH3 is 1. The maximum absolute atomic E-state index is 13.7. The molecule has 0 aliphatic heterocycles. The molecule has 1 heterocycles. The molecule has 0 unspecified atom stereocenters. The summed E-state index contributed by atoms with van der Waals surface area (Å²) in [5, 5.41) is 3.83. The Balaban J connectivity index is 2.02. The second kappa shape index (κ2) is 7.85. The summed E-state index contributed by atoms with van der Waals surface area (Å²) in [5.41, 5.74) is 0.669. The van der Waals surface area contributed by atoms with Crippen LogP contribution in [0.4, 0.5) is 4.39 Å². The van der Waals surface area contributed by atoms with Crippen molar-refractivity contribution in [3.8, 4) is 0 Å². The fraction of sp³-hybridized carbons (Fsp3) is 0.467. The third-order valence-corrected chi connectivity index (χ3v) is 3.03. The summed E-state index contributed by atoms with van der Waals surface area (Å²) in [7, 11) is 1.58. The highest BCUT2D eigenvalue weighted by Gasteiger charge is 2.13. The molecule has 0 aliphatic carbocycles. The van der Waals surface area contributed by atoms with E-state index in [-0.39, 0.29) is 5.82 Å². The van der Waals surface area contributed by atoms with Crippen molar-refractivity contribution in [3.63, 3.8) is 0 Å². The van der Waals surface area contributed by atoms with Gasteiger partial charge in [0.1, 0.15) is 12.4 Å². The van der Waals surface area contributed by atoms with Gasteiger partial charge in [-0.3, -0.25) is 4.90 Å². The molecular weight excluding hydrogens is 273 g/mol. The number of nitrogens with zero attached hydrogens (tertiary/aromatic N) is 3. The zero-order chi connectivity index (χ0) is 15.1. The molecule has 2 rings (SSSR count). The van der Waals surface area contributed by atoms with Crippen LogP contribution in [-0.4, -0.2) is 28.7 Å². The zero-order valence-corrected chi connectivity index (χ0v) is 12.4. The van der Waals surface area contributed by atoms with E-state index in [0.29, 0.717) is 37.0 Å². The van der Waals surface area contributed by atoms with Crippen molar-refractivity contribution in [3.05, 3.63) is 47.4 Å². The first-order chi connectivity index (χ1) is 10.2. The SMILES string of the molecule is CCCN(Cc1nc(COC)no1)Cc1ccccc1F. The minimum Gasteiger partial charge on any atom is -0.377 e. The Morgan fingerprint density at radius 1 is 1.29 bits per heavy atom. The molecule has 114 valence electrons. The number of hydrogen-bond acceptors (Lipinski definition) is 5. The van der Waals surface area contributed by atoms with Crippen LogP contribution in [-0.2, 0) is 24.4 Å². The lowest BCUT2D eigenvalue weighted by Crippen LogP contribution is -2.24.